The van der Waals surface area contributed by atoms with E-state index in [9.17, 15) is 9.18 Å². The smallest absolute Gasteiger partial charge is 0.277 e. The minimum atomic E-state index is -0.496. The normalized spacial score (nSPS) is 15.2. The zero-order valence-electron chi connectivity index (χ0n) is 17.2. The Kier molecular flexibility index (Phi) is 7.19. The number of halogens is 2. The van der Waals surface area contributed by atoms with Crippen molar-refractivity contribution in [1.82, 2.24) is 10.3 Å². The van der Waals surface area contributed by atoms with E-state index >= 15 is 0 Å². The summed E-state index contributed by atoms with van der Waals surface area (Å²) in [5.41, 5.74) is 5.46. The monoisotopic (exact) mass is 460 g/mol. The third-order valence-electron chi connectivity index (χ3n) is 4.42. The molecular formula is C21H22ClFN6OS. The number of rotatable bonds is 7. The number of allylic oxidation sites excluding steroid dienone is 1. The summed E-state index contributed by atoms with van der Waals surface area (Å²) in [5.74, 6) is -0.0988. The lowest BCUT2D eigenvalue weighted by Crippen LogP contribution is -2.39. The predicted molar refractivity (Wildman–Crippen MR) is 128 cm³/mol. The fourth-order valence-electron chi connectivity index (χ4n) is 2.98. The standard InChI is InChI=1S/C21H22ClFN6OS/c1-4-31-28-13-6-8-17(26-18-7-5-12(22)9-16(18)23)14(10-13)15-11-29(3)21(30)19(24)20(15)27-25-2/h5-11,24-26,28H,4H2,1-3H3/b24-19?,27-20-. The molecule has 1 aliphatic rings. The fourth-order valence-corrected chi connectivity index (χ4v) is 3.58. The molecule has 31 heavy (non-hydrogen) atoms. The maximum absolute atomic E-state index is 14.4. The van der Waals surface area contributed by atoms with Crippen molar-refractivity contribution in [1.29, 1.82) is 5.41 Å². The number of nitrogens with zero attached hydrogens (tertiary/aromatic N) is 2. The van der Waals surface area contributed by atoms with Crippen molar-refractivity contribution in [2.24, 2.45) is 5.10 Å². The molecule has 0 aliphatic carbocycles. The number of hydrogen-bond donors (Lipinski definition) is 4. The van der Waals surface area contributed by atoms with Gasteiger partial charge in [0.1, 0.15) is 17.2 Å². The number of carbonyl (C=O) groups is 1. The molecule has 0 atom stereocenters. The van der Waals surface area contributed by atoms with Crippen molar-refractivity contribution in [3.63, 3.8) is 0 Å². The van der Waals surface area contributed by atoms with Crippen LogP contribution in [0.4, 0.5) is 21.5 Å². The van der Waals surface area contributed by atoms with Crippen LogP contribution in [-0.4, -0.2) is 42.1 Å². The molecule has 0 saturated carbocycles. The lowest BCUT2D eigenvalue weighted by Gasteiger charge is -2.25. The van der Waals surface area contributed by atoms with E-state index in [-0.39, 0.29) is 17.1 Å². The van der Waals surface area contributed by atoms with E-state index in [1.54, 1.807) is 38.5 Å². The van der Waals surface area contributed by atoms with Gasteiger partial charge in [-0.3, -0.25) is 10.2 Å². The van der Waals surface area contributed by atoms with Crippen LogP contribution in [0.2, 0.25) is 5.02 Å². The largest absolute Gasteiger partial charge is 0.353 e. The summed E-state index contributed by atoms with van der Waals surface area (Å²) in [6.45, 7) is 2.03. The summed E-state index contributed by atoms with van der Waals surface area (Å²) in [7, 11) is 3.17. The third-order valence-corrected chi connectivity index (χ3v) is 5.32. The van der Waals surface area contributed by atoms with Gasteiger partial charge >= 0.3 is 0 Å². The molecule has 0 unspecified atom stereocenters. The molecule has 4 N–H and O–H groups in total. The van der Waals surface area contributed by atoms with E-state index in [4.69, 9.17) is 17.0 Å². The zero-order chi connectivity index (χ0) is 22.5. The predicted octanol–water partition coefficient (Wildman–Crippen LogP) is 4.71. The van der Waals surface area contributed by atoms with Crippen LogP contribution < -0.4 is 15.5 Å². The molecule has 162 valence electrons. The van der Waals surface area contributed by atoms with E-state index in [2.05, 4.69) is 20.6 Å². The van der Waals surface area contributed by atoms with Gasteiger partial charge in [0.2, 0.25) is 0 Å². The van der Waals surface area contributed by atoms with Gasteiger partial charge in [-0.2, -0.15) is 5.10 Å². The SMILES string of the molecule is CCSNc1ccc(Nc2ccc(Cl)cc2F)c(C2=CN(C)C(=O)C(=N)/C2=N\NC)c1. The Labute approximate surface area is 189 Å². The van der Waals surface area contributed by atoms with Crippen LogP contribution in [-0.2, 0) is 4.79 Å². The van der Waals surface area contributed by atoms with Crippen molar-refractivity contribution < 1.29 is 9.18 Å². The van der Waals surface area contributed by atoms with Crippen molar-refractivity contribution in [2.45, 2.75) is 6.92 Å². The molecule has 0 bridgehead atoms. The first-order chi connectivity index (χ1) is 14.8. The average molecular weight is 461 g/mol. The second kappa shape index (κ2) is 9.84. The fraction of sp³-hybridized carbons (Fsp3) is 0.190. The molecule has 1 heterocycles. The highest BCUT2D eigenvalue weighted by atomic mass is 35.5. The molecule has 1 amide bonds. The topological polar surface area (TPSA) is 92.6 Å². The first-order valence-electron chi connectivity index (χ1n) is 9.42. The number of carbonyl (C=O) groups excluding carboxylic acids is 1. The summed E-state index contributed by atoms with van der Waals surface area (Å²) in [5, 5.41) is 15.8. The molecule has 1 aliphatic heterocycles. The third kappa shape index (κ3) is 5.00. The summed E-state index contributed by atoms with van der Waals surface area (Å²) in [6.07, 6.45) is 1.62. The zero-order valence-corrected chi connectivity index (χ0v) is 18.8. The Morgan fingerprint density at radius 1 is 1.23 bits per heavy atom. The van der Waals surface area contributed by atoms with Gasteiger partial charge in [-0.05, 0) is 36.4 Å². The second-order valence-corrected chi connectivity index (χ2v) is 8.07. The van der Waals surface area contributed by atoms with E-state index in [1.165, 1.54) is 22.9 Å². The van der Waals surface area contributed by atoms with Gasteiger partial charge in [-0.25, -0.2) is 4.39 Å². The van der Waals surface area contributed by atoms with Crippen molar-refractivity contribution in [2.75, 3.05) is 29.9 Å². The minimum Gasteiger partial charge on any atom is -0.353 e. The summed E-state index contributed by atoms with van der Waals surface area (Å²) < 4.78 is 17.7. The van der Waals surface area contributed by atoms with E-state index in [1.807, 2.05) is 19.1 Å². The molecule has 2 aromatic carbocycles. The van der Waals surface area contributed by atoms with Gasteiger partial charge < -0.3 is 20.4 Å². The average Bonchev–Trinajstić information content (AvgIpc) is 2.75. The first kappa shape index (κ1) is 22.6. The summed E-state index contributed by atoms with van der Waals surface area (Å²) in [4.78, 5) is 13.6. The quantitative estimate of drug-likeness (QED) is 0.354. The molecule has 0 saturated heterocycles. The van der Waals surface area contributed by atoms with Crippen molar-refractivity contribution >= 4 is 63.5 Å². The Balaban J connectivity index is 2.15. The number of nitrogens with one attached hydrogen (secondary N) is 4. The molecule has 2 aromatic rings. The van der Waals surface area contributed by atoms with Crippen LogP contribution in [0, 0.1) is 11.2 Å². The maximum atomic E-state index is 14.4. The Morgan fingerprint density at radius 2 is 1.97 bits per heavy atom. The van der Waals surface area contributed by atoms with Gasteiger partial charge in [-0.15, -0.1) is 0 Å². The van der Waals surface area contributed by atoms with Gasteiger partial charge in [0.05, 0.1) is 5.69 Å². The number of benzene rings is 2. The van der Waals surface area contributed by atoms with Gasteiger partial charge in [0.25, 0.3) is 5.91 Å². The van der Waals surface area contributed by atoms with Gasteiger partial charge in [0, 0.05) is 53.6 Å². The summed E-state index contributed by atoms with van der Waals surface area (Å²) >= 11 is 7.40. The van der Waals surface area contributed by atoms with Crippen LogP contribution in [0.1, 0.15) is 12.5 Å². The molecule has 7 nitrogen and oxygen atoms in total. The lowest BCUT2D eigenvalue weighted by molar-refractivity contribution is -0.120. The number of hydrazone groups is 1. The number of hydrogen-bond acceptors (Lipinski definition) is 7. The molecule has 10 heteroatoms. The molecule has 3 rings (SSSR count). The highest BCUT2D eigenvalue weighted by molar-refractivity contribution is 8.00. The van der Waals surface area contributed by atoms with Gasteiger partial charge in [-0.1, -0.05) is 30.5 Å². The lowest BCUT2D eigenvalue weighted by atomic mass is 9.93. The highest BCUT2D eigenvalue weighted by Gasteiger charge is 2.30. The second-order valence-electron chi connectivity index (χ2n) is 6.56. The number of anilines is 3. The molecule has 0 aromatic heterocycles. The van der Waals surface area contributed by atoms with Crippen molar-refractivity contribution in [3.05, 3.63) is 59.0 Å². The van der Waals surface area contributed by atoms with Crippen LogP contribution >= 0.6 is 23.5 Å². The Morgan fingerprint density at radius 3 is 2.65 bits per heavy atom. The molecule has 0 fully saturated rings. The van der Waals surface area contributed by atoms with Crippen LogP contribution in [0.15, 0.2) is 47.7 Å². The van der Waals surface area contributed by atoms with Crippen molar-refractivity contribution in [3.8, 4) is 0 Å². The molecular weight excluding hydrogens is 439 g/mol. The van der Waals surface area contributed by atoms with Crippen LogP contribution in [0.5, 0.6) is 0 Å². The van der Waals surface area contributed by atoms with Crippen LogP contribution in [0.25, 0.3) is 5.57 Å². The van der Waals surface area contributed by atoms with Crippen LogP contribution in [0.3, 0.4) is 0 Å². The van der Waals surface area contributed by atoms with E-state index in [0.29, 0.717) is 21.8 Å². The Bertz CT molecular complexity index is 1090. The minimum absolute atomic E-state index is 0.200. The molecule has 0 radical (unpaired) electrons. The highest BCUT2D eigenvalue weighted by Crippen LogP contribution is 2.34. The summed E-state index contributed by atoms with van der Waals surface area (Å²) in [6, 6.07) is 9.91. The molecule has 0 spiro atoms. The number of amides is 1. The van der Waals surface area contributed by atoms with E-state index in [0.717, 1.165) is 11.4 Å². The first-order valence-corrected chi connectivity index (χ1v) is 10.8. The maximum Gasteiger partial charge on any atom is 0.277 e. The van der Waals surface area contributed by atoms with Gasteiger partial charge in [0.15, 0.2) is 0 Å². The van der Waals surface area contributed by atoms with E-state index < -0.39 is 11.7 Å². The Hall–Kier alpha value is -3.04.